The number of aromatic hydroxyl groups is 1. The van der Waals surface area contributed by atoms with Gasteiger partial charge in [0.05, 0.1) is 7.11 Å². The fourth-order valence-electron chi connectivity index (χ4n) is 2.63. The molecule has 1 aliphatic rings. The topological polar surface area (TPSA) is 44.7 Å². The molecule has 0 unspecified atom stereocenters. The number of phenolic OH excluding ortho intramolecular Hbond substituents is 1. The minimum Gasteiger partial charge on any atom is -0.504 e. The zero-order valence-electron chi connectivity index (χ0n) is 12.5. The maximum atomic E-state index is 13.7. The molecule has 7 heteroatoms. The SMILES string of the molecule is C=CC[C@@H](c1cc(F)cc(OC)c1O)N1CCNCC1.Cl.Cl. The predicted molar refractivity (Wildman–Crippen MR) is 91.1 cm³/mol. The van der Waals surface area contributed by atoms with Crippen molar-refractivity contribution in [2.45, 2.75) is 12.5 Å². The summed E-state index contributed by atoms with van der Waals surface area (Å²) in [6.45, 7) is 7.26. The maximum absolute atomic E-state index is 13.7. The van der Waals surface area contributed by atoms with Gasteiger partial charge >= 0.3 is 0 Å². The second-order valence-electron chi connectivity index (χ2n) is 4.87. The molecule has 0 bridgehead atoms. The molecule has 0 amide bonds. The highest BCUT2D eigenvalue weighted by molar-refractivity contribution is 5.85. The van der Waals surface area contributed by atoms with Crippen molar-refractivity contribution in [2.75, 3.05) is 33.3 Å². The summed E-state index contributed by atoms with van der Waals surface area (Å²) in [6.07, 6.45) is 2.45. The Kier molecular flexibility index (Phi) is 9.44. The first-order chi connectivity index (χ1) is 9.67. The van der Waals surface area contributed by atoms with E-state index in [1.54, 1.807) is 6.08 Å². The lowest BCUT2D eigenvalue weighted by Gasteiger charge is -2.35. The molecule has 2 N–H and O–H groups in total. The molecule has 2 rings (SSSR count). The van der Waals surface area contributed by atoms with E-state index in [4.69, 9.17) is 4.74 Å². The van der Waals surface area contributed by atoms with Crippen LogP contribution in [-0.2, 0) is 0 Å². The van der Waals surface area contributed by atoms with Gasteiger partial charge in [-0.25, -0.2) is 4.39 Å². The highest BCUT2D eigenvalue weighted by atomic mass is 35.5. The molecule has 1 aromatic carbocycles. The molecule has 1 atom stereocenters. The largest absolute Gasteiger partial charge is 0.504 e. The molecule has 1 heterocycles. The summed E-state index contributed by atoms with van der Waals surface area (Å²) in [5.74, 6) is -0.220. The van der Waals surface area contributed by atoms with E-state index in [0.717, 1.165) is 26.2 Å². The summed E-state index contributed by atoms with van der Waals surface area (Å²) in [4.78, 5) is 2.23. The monoisotopic (exact) mass is 352 g/mol. The van der Waals surface area contributed by atoms with E-state index in [1.807, 2.05) is 0 Å². The number of nitrogens with zero attached hydrogens (tertiary/aromatic N) is 1. The van der Waals surface area contributed by atoms with Crippen LogP contribution >= 0.6 is 24.8 Å². The standard InChI is InChI=1S/C15H21FN2O2.2ClH/c1-3-4-13(18-7-5-17-6-8-18)12-9-11(16)10-14(20-2)15(12)19;;/h3,9-10,13,17,19H,1,4-8H2,2H3;2*1H/t13-;;/m0../s1. The Morgan fingerprint density at radius 2 is 2.05 bits per heavy atom. The Morgan fingerprint density at radius 1 is 1.41 bits per heavy atom. The van der Waals surface area contributed by atoms with Gasteiger partial charge in [-0.1, -0.05) is 6.08 Å². The number of benzene rings is 1. The molecule has 0 aliphatic carbocycles. The highest BCUT2D eigenvalue weighted by Gasteiger charge is 2.25. The van der Waals surface area contributed by atoms with Crippen molar-refractivity contribution < 1.29 is 14.2 Å². The van der Waals surface area contributed by atoms with E-state index in [0.29, 0.717) is 12.0 Å². The quantitative estimate of drug-likeness (QED) is 0.799. The zero-order valence-corrected chi connectivity index (χ0v) is 14.2. The number of hydrogen-bond acceptors (Lipinski definition) is 4. The Balaban J connectivity index is 0.00000220. The third kappa shape index (κ3) is 4.74. The van der Waals surface area contributed by atoms with Crippen LogP contribution in [0.5, 0.6) is 11.5 Å². The van der Waals surface area contributed by atoms with Crippen LogP contribution in [0.3, 0.4) is 0 Å². The van der Waals surface area contributed by atoms with Crippen LogP contribution in [0.25, 0.3) is 0 Å². The zero-order chi connectivity index (χ0) is 14.5. The number of piperazine rings is 1. The fraction of sp³-hybridized carbons (Fsp3) is 0.467. The van der Waals surface area contributed by atoms with Gasteiger partial charge in [0.15, 0.2) is 11.5 Å². The van der Waals surface area contributed by atoms with Crippen molar-refractivity contribution in [1.82, 2.24) is 10.2 Å². The average molecular weight is 353 g/mol. The average Bonchev–Trinajstić information content (AvgIpc) is 2.48. The summed E-state index contributed by atoms with van der Waals surface area (Å²) >= 11 is 0. The van der Waals surface area contributed by atoms with Crippen molar-refractivity contribution in [1.29, 1.82) is 0 Å². The first-order valence-corrected chi connectivity index (χ1v) is 6.79. The second kappa shape index (κ2) is 9.90. The normalized spacial score (nSPS) is 16.1. The van der Waals surface area contributed by atoms with Gasteiger partial charge in [0, 0.05) is 43.9 Å². The molecule has 0 radical (unpaired) electrons. The Hall–Kier alpha value is -1.01. The van der Waals surface area contributed by atoms with E-state index in [1.165, 1.54) is 19.2 Å². The lowest BCUT2D eigenvalue weighted by Crippen LogP contribution is -2.45. The summed E-state index contributed by atoms with van der Waals surface area (Å²) in [7, 11) is 1.42. The predicted octanol–water partition coefficient (Wildman–Crippen LogP) is 2.91. The van der Waals surface area contributed by atoms with E-state index in [-0.39, 0.29) is 42.4 Å². The summed E-state index contributed by atoms with van der Waals surface area (Å²) in [6, 6.07) is 2.49. The molecule has 1 saturated heterocycles. The number of nitrogens with one attached hydrogen (secondary N) is 1. The molecule has 0 spiro atoms. The van der Waals surface area contributed by atoms with Gasteiger partial charge in [-0.15, -0.1) is 31.4 Å². The van der Waals surface area contributed by atoms with Crippen LogP contribution in [0.4, 0.5) is 4.39 Å². The maximum Gasteiger partial charge on any atom is 0.163 e. The van der Waals surface area contributed by atoms with Gasteiger partial charge in [-0.3, -0.25) is 4.90 Å². The van der Waals surface area contributed by atoms with Crippen LogP contribution in [0.1, 0.15) is 18.0 Å². The molecule has 4 nitrogen and oxygen atoms in total. The van der Waals surface area contributed by atoms with Crippen molar-refractivity contribution in [3.63, 3.8) is 0 Å². The molecule has 1 aromatic rings. The third-order valence-corrected chi connectivity index (χ3v) is 3.63. The number of methoxy groups -OCH3 is 1. The van der Waals surface area contributed by atoms with Gasteiger partial charge in [-0.2, -0.15) is 0 Å². The second-order valence-corrected chi connectivity index (χ2v) is 4.87. The van der Waals surface area contributed by atoms with Crippen LogP contribution in [0.15, 0.2) is 24.8 Å². The Bertz CT molecular complexity index is 483. The van der Waals surface area contributed by atoms with E-state index >= 15 is 0 Å². The lowest BCUT2D eigenvalue weighted by atomic mass is 9.99. The Morgan fingerprint density at radius 3 is 2.59 bits per heavy atom. The molecule has 1 fully saturated rings. The minimum atomic E-state index is -0.404. The van der Waals surface area contributed by atoms with Crippen LogP contribution in [0.2, 0.25) is 0 Å². The Labute approximate surface area is 143 Å². The molecule has 1 aliphatic heterocycles. The lowest BCUT2D eigenvalue weighted by molar-refractivity contribution is 0.171. The molecular weight excluding hydrogens is 330 g/mol. The van der Waals surface area contributed by atoms with Crippen molar-refractivity contribution in [2.24, 2.45) is 0 Å². The minimum absolute atomic E-state index is 0. The number of hydrogen-bond donors (Lipinski definition) is 2. The number of ether oxygens (including phenoxy) is 1. The smallest absolute Gasteiger partial charge is 0.163 e. The molecule has 22 heavy (non-hydrogen) atoms. The van der Waals surface area contributed by atoms with Gasteiger partial charge in [0.2, 0.25) is 0 Å². The van der Waals surface area contributed by atoms with E-state index in [9.17, 15) is 9.50 Å². The van der Waals surface area contributed by atoms with Gasteiger partial charge in [0.25, 0.3) is 0 Å². The number of phenols is 1. The van der Waals surface area contributed by atoms with Crippen LogP contribution in [0, 0.1) is 5.82 Å². The first-order valence-electron chi connectivity index (χ1n) is 6.79. The number of halogens is 3. The van der Waals surface area contributed by atoms with Crippen molar-refractivity contribution in [3.8, 4) is 11.5 Å². The summed E-state index contributed by atoms with van der Waals surface area (Å²) in [5.41, 5.74) is 0.559. The van der Waals surface area contributed by atoms with Gasteiger partial charge < -0.3 is 15.2 Å². The van der Waals surface area contributed by atoms with Gasteiger partial charge in [-0.05, 0) is 12.5 Å². The molecule has 126 valence electrons. The number of rotatable bonds is 5. The van der Waals surface area contributed by atoms with E-state index < -0.39 is 5.82 Å². The highest BCUT2D eigenvalue weighted by Crippen LogP contribution is 2.38. The van der Waals surface area contributed by atoms with Crippen LogP contribution < -0.4 is 10.1 Å². The van der Waals surface area contributed by atoms with E-state index in [2.05, 4.69) is 16.8 Å². The van der Waals surface area contributed by atoms with Gasteiger partial charge in [0.1, 0.15) is 5.82 Å². The first kappa shape index (κ1) is 21.0. The third-order valence-electron chi connectivity index (χ3n) is 3.63. The van der Waals surface area contributed by atoms with Crippen molar-refractivity contribution in [3.05, 3.63) is 36.2 Å². The fourth-order valence-corrected chi connectivity index (χ4v) is 2.63. The molecule has 0 saturated carbocycles. The molecular formula is C15H23Cl2FN2O2. The van der Waals surface area contributed by atoms with Crippen molar-refractivity contribution >= 4 is 24.8 Å². The molecule has 0 aromatic heterocycles. The summed E-state index contributed by atoms with van der Waals surface area (Å²) in [5, 5.41) is 13.6. The summed E-state index contributed by atoms with van der Waals surface area (Å²) < 4.78 is 18.8. The van der Waals surface area contributed by atoms with Crippen LogP contribution in [-0.4, -0.2) is 43.3 Å².